The molecule has 0 aliphatic carbocycles. The fourth-order valence-electron chi connectivity index (χ4n) is 2.51. The van der Waals surface area contributed by atoms with E-state index in [9.17, 15) is 8.42 Å². The summed E-state index contributed by atoms with van der Waals surface area (Å²) in [6.45, 7) is 4.25. The van der Waals surface area contributed by atoms with Gasteiger partial charge < -0.3 is 5.32 Å². The second kappa shape index (κ2) is 7.19. The van der Waals surface area contributed by atoms with E-state index >= 15 is 0 Å². The third kappa shape index (κ3) is 4.22. The van der Waals surface area contributed by atoms with Crippen molar-refractivity contribution in [3.63, 3.8) is 0 Å². The molecule has 0 atom stereocenters. The summed E-state index contributed by atoms with van der Waals surface area (Å²) < 4.78 is 22.9. The van der Waals surface area contributed by atoms with Crippen LogP contribution in [0.3, 0.4) is 0 Å². The van der Waals surface area contributed by atoms with Crippen molar-refractivity contribution in [2.75, 3.05) is 5.32 Å². The molecule has 0 spiro atoms. The topological polar surface area (TPSA) is 111 Å². The predicted molar refractivity (Wildman–Crippen MR) is 99.9 cm³/mol. The second-order valence-electron chi connectivity index (χ2n) is 5.95. The first-order chi connectivity index (χ1) is 12.3. The molecule has 3 N–H and O–H groups in total. The highest BCUT2D eigenvalue weighted by atomic mass is 32.2. The highest BCUT2D eigenvalue weighted by Gasteiger charge is 2.10. The van der Waals surface area contributed by atoms with Gasteiger partial charge in [-0.1, -0.05) is 6.07 Å². The molecule has 0 aliphatic heterocycles. The van der Waals surface area contributed by atoms with Gasteiger partial charge in [-0.3, -0.25) is 4.98 Å². The van der Waals surface area contributed by atoms with Gasteiger partial charge in [-0.05, 0) is 49.2 Å². The van der Waals surface area contributed by atoms with Gasteiger partial charge in [-0.2, -0.15) is 0 Å². The summed E-state index contributed by atoms with van der Waals surface area (Å²) in [6.07, 6.45) is 3.42. The zero-order chi connectivity index (χ0) is 18.7. The van der Waals surface area contributed by atoms with Crippen LogP contribution in [-0.2, 0) is 16.6 Å². The molecule has 0 saturated carbocycles. The first-order valence-corrected chi connectivity index (χ1v) is 9.50. The molecule has 0 bridgehead atoms. The standard InChI is InChI=1S/C18H19N5O2S/c1-12-8-16(26(19,24)25)6-5-14(12)11-21-17-9-13(2)22-18(23-17)15-4-3-7-20-10-15/h3-10H,11H2,1-2H3,(H2,19,24,25)(H,21,22,23). The molecular formula is C18H19N5O2S. The highest BCUT2D eigenvalue weighted by molar-refractivity contribution is 7.89. The van der Waals surface area contributed by atoms with Gasteiger partial charge >= 0.3 is 0 Å². The number of nitrogens with zero attached hydrogens (tertiary/aromatic N) is 3. The molecular weight excluding hydrogens is 350 g/mol. The van der Waals surface area contributed by atoms with Crippen LogP contribution in [0.2, 0.25) is 0 Å². The molecule has 7 nitrogen and oxygen atoms in total. The molecule has 26 heavy (non-hydrogen) atoms. The largest absolute Gasteiger partial charge is 0.366 e. The number of aryl methyl sites for hydroxylation is 2. The molecule has 134 valence electrons. The van der Waals surface area contributed by atoms with E-state index in [1.54, 1.807) is 24.5 Å². The average Bonchev–Trinajstić information content (AvgIpc) is 2.60. The van der Waals surface area contributed by atoms with Crippen LogP contribution in [0.15, 0.2) is 53.7 Å². The molecule has 0 fully saturated rings. The normalized spacial score (nSPS) is 11.3. The summed E-state index contributed by atoms with van der Waals surface area (Å²) in [5.74, 6) is 1.29. The Labute approximate surface area is 152 Å². The van der Waals surface area contributed by atoms with E-state index in [2.05, 4.69) is 20.3 Å². The number of nitrogens with one attached hydrogen (secondary N) is 1. The maximum absolute atomic E-state index is 11.4. The van der Waals surface area contributed by atoms with Crippen LogP contribution < -0.4 is 10.5 Å². The maximum Gasteiger partial charge on any atom is 0.238 e. The average molecular weight is 369 g/mol. The minimum absolute atomic E-state index is 0.107. The van der Waals surface area contributed by atoms with Crippen LogP contribution in [-0.4, -0.2) is 23.4 Å². The van der Waals surface area contributed by atoms with Gasteiger partial charge in [-0.25, -0.2) is 23.5 Å². The first-order valence-electron chi connectivity index (χ1n) is 7.95. The van der Waals surface area contributed by atoms with Crippen molar-refractivity contribution in [1.82, 2.24) is 15.0 Å². The Bertz CT molecular complexity index is 1040. The fraction of sp³-hybridized carbons (Fsp3) is 0.167. The van der Waals surface area contributed by atoms with Gasteiger partial charge in [0, 0.05) is 36.3 Å². The minimum atomic E-state index is -3.70. The zero-order valence-corrected chi connectivity index (χ0v) is 15.3. The maximum atomic E-state index is 11.4. The lowest BCUT2D eigenvalue weighted by atomic mass is 10.1. The summed E-state index contributed by atoms with van der Waals surface area (Å²) >= 11 is 0. The summed E-state index contributed by atoms with van der Waals surface area (Å²) in [5, 5.41) is 8.42. The summed E-state index contributed by atoms with van der Waals surface area (Å²) in [4.78, 5) is 13.2. The van der Waals surface area contributed by atoms with E-state index in [0.29, 0.717) is 18.2 Å². The Balaban J connectivity index is 1.81. The van der Waals surface area contributed by atoms with Crippen molar-refractivity contribution in [2.45, 2.75) is 25.3 Å². The number of aromatic nitrogens is 3. The molecule has 0 amide bonds. The molecule has 8 heteroatoms. The summed E-state index contributed by atoms with van der Waals surface area (Å²) in [6, 6.07) is 10.4. The lowest BCUT2D eigenvalue weighted by Crippen LogP contribution is -2.13. The number of sulfonamides is 1. The van der Waals surface area contributed by atoms with Crippen molar-refractivity contribution in [2.24, 2.45) is 5.14 Å². The molecule has 2 heterocycles. The van der Waals surface area contributed by atoms with Crippen molar-refractivity contribution >= 4 is 15.8 Å². The molecule has 2 aromatic heterocycles. The van der Waals surface area contributed by atoms with Crippen molar-refractivity contribution < 1.29 is 8.42 Å². The molecule has 0 unspecified atom stereocenters. The van der Waals surface area contributed by atoms with Crippen LogP contribution in [0.5, 0.6) is 0 Å². The van der Waals surface area contributed by atoms with E-state index in [1.165, 1.54) is 6.07 Å². The van der Waals surface area contributed by atoms with Crippen LogP contribution in [0.1, 0.15) is 16.8 Å². The van der Waals surface area contributed by atoms with Crippen LogP contribution in [0, 0.1) is 13.8 Å². The number of primary sulfonamides is 1. The van der Waals surface area contributed by atoms with Crippen LogP contribution >= 0.6 is 0 Å². The first kappa shape index (κ1) is 18.0. The molecule has 0 radical (unpaired) electrons. The Kier molecular flexibility index (Phi) is 4.97. The Hall–Kier alpha value is -2.84. The zero-order valence-electron chi connectivity index (χ0n) is 14.5. The number of hydrogen-bond acceptors (Lipinski definition) is 6. The molecule has 3 aromatic rings. The smallest absolute Gasteiger partial charge is 0.238 e. The number of rotatable bonds is 5. The predicted octanol–water partition coefficient (Wildman–Crippen LogP) is 2.41. The van der Waals surface area contributed by atoms with E-state index in [1.807, 2.05) is 32.0 Å². The van der Waals surface area contributed by atoms with E-state index < -0.39 is 10.0 Å². The number of nitrogens with two attached hydrogens (primary N) is 1. The summed E-state index contributed by atoms with van der Waals surface area (Å²) in [5.41, 5.74) is 3.47. The van der Waals surface area contributed by atoms with Crippen LogP contribution in [0.4, 0.5) is 5.82 Å². The molecule has 0 saturated heterocycles. The van der Waals surface area contributed by atoms with E-state index in [4.69, 9.17) is 5.14 Å². The number of benzene rings is 1. The fourth-order valence-corrected chi connectivity index (χ4v) is 3.11. The van der Waals surface area contributed by atoms with Crippen LogP contribution in [0.25, 0.3) is 11.4 Å². The Morgan fingerprint density at radius 3 is 2.58 bits per heavy atom. The lowest BCUT2D eigenvalue weighted by molar-refractivity contribution is 0.597. The molecule has 0 aliphatic rings. The van der Waals surface area contributed by atoms with Crippen molar-refractivity contribution in [1.29, 1.82) is 0 Å². The van der Waals surface area contributed by atoms with Crippen molar-refractivity contribution in [3.8, 4) is 11.4 Å². The van der Waals surface area contributed by atoms with Gasteiger partial charge in [0.05, 0.1) is 4.90 Å². The Morgan fingerprint density at radius 1 is 1.12 bits per heavy atom. The lowest BCUT2D eigenvalue weighted by Gasteiger charge is -2.11. The van der Waals surface area contributed by atoms with E-state index in [-0.39, 0.29) is 4.90 Å². The van der Waals surface area contributed by atoms with Gasteiger partial charge in [-0.15, -0.1) is 0 Å². The number of hydrogen-bond donors (Lipinski definition) is 2. The second-order valence-corrected chi connectivity index (χ2v) is 7.51. The van der Waals surface area contributed by atoms with Gasteiger partial charge in [0.15, 0.2) is 5.82 Å². The highest BCUT2D eigenvalue weighted by Crippen LogP contribution is 2.19. The molecule has 3 rings (SSSR count). The SMILES string of the molecule is Cc1cc(NCc2ccc(S(N)(=O)=O)cc2C)nc(-c2cccnc2)n1. The summed E-state index contributed by atoms with van der Waals surface area (Å²) in [7, 11) is -3.70. The third-order valence-corrected chi connectivity index (χ3v) is 4.79. The number of anilines is 1. The van der Waals surface area contributed by atoms with Crippen molar-refractivity contribution in [3.05, 3.63) is 65.6 Å². The van der Waals surface area contributed by atoms with Gasteiger partial charge in [0.1, 0.15) is 5.82 Å². The van der Waals surface area contributed by atoms with Gasteiger partial charge in [0.25, 0.3) is 0 Å². The third-order valence-electron chi connectivity index (χ3n) is 3.88. The van der Waals surface area contributed by atoms with E-state index in [0.717, 1.165) is 22.4 Å². The monoisotopic (exact) mass is 369 g/mol. The molecule has 1 aromatic carbocycles. The minimum Gasteiger partial charge on any atom is -0.366 e. The van der Waals surface area contributed by atoms with Gasteiger partial charge in [0.2, 0.25) is 10.0 Å². The quantitative estimate of drug-likeness (QED) is 0.714. The number of pyridine rings is 1. The Morgan fingerprint density at radius 2 is 1.92 bits per heavy atom.